The van der Waals surface area contributed by atoms with Crippen LogP contribution in [0, 0.1) is 5.92 Å². The molecule has 1 unspecified atom stereocenters. The topological polar surface area (TPSA) is 91.8 Å². The molecule has 2 heterocycles. The first-order chi connectivity index (χ1) is 13.1. The number of benzene rings is 2. The molecule has 1 atom stereocenters. The number of methoxy groups -OCH3 is 1. The molecule has 0 amide bonds. The third-order valence-corrected chi connectivity index (χ3v) is 5.09. The lowest BCUT2D eigenvalue weighted by molar-refractivity contribution is -0.385. The van der Waals surface area contributed by atoms with Gasteiger partial charge in [-0.15, -0.1) is 0 Å². The van der Waals surface area contributed by atoms with Gasteiger partial charge in [-0.25, -0.2) is 0 Å². The van der Waals surface area contributed by atoms with Gasteiger partial charge in [0.1, 0.15) is 0 Å². The Morgan fingerprint density at radius 1 is 1.07 bits per heavy atom. The Bertz CT molecular complexity index is 857. The van der Waals surface area contributed by atoms with Crippen molar-refractivity contribution in [2.75, 3.05) is 31.7 Å². The summed E-state index contributed by atoms with van der Waals surface area (Å²) >= 11 is 0. The van der Waals surface area contributed by atoms with Crippen molar-refractivity contribution in [2.45, 2.75) is 19.5 Å². The van der Waals surface area contributed by atoms with Crippen molar-refractivity contribution in [3.05, 3.63) is 53.7 Å². The van der Waals surface area contributed by atoms with Crippen LogP contribution in [0.3, 0.4) is 0 Å². The van der Waals surface area contributed by atoms with E-state index in [1.165, 1.54) is 0 Å². The Hall–Kier alpha value is -2.54. The summed E-state index contributed by atoms with van der Waals surface area (Å²) in [7, 11) is 1.69. The van der Waals surface area contributed by atoms with Crippen LogP contribution in [0.4, 0.5) is 11.4 Å². The highest BCUT2D eigenvalue weighted by molar-refractivity contribution is 5.83. The zero-order chi connectivity index (χ0) is 19.0. The summed E-state index contributed by atoms with van der Waals surface area (Å²) in [6, 6.07) is 13.9. The highest BCUT2D eigenvalue weighted by Crippen LogP contribution is 2.41. The fourth-order valence-electron chi connectivity index (χ4n) is 3.74. The number of nitrogens with one attached hydrogen (secondary N) is 1. The van der Waals surface area contributed by atoms with Gasteiger partial charge in [-0.3, -0.25) is 0 Å². The Morgan fingerprint density at radius 2 is 1.78 bits per heavy atom. The average molecular weight is 367 g/mol. The van der Waals surface area contributed by atoms with E-state index >= 15 is 0 Å². The van der Waals surface area contributed by atoms with Gasteiger partial charge in [0.05, 0.1) is 12.5 Å². The standard InChI is InChI=1S/C21H25N3O3/c1-12-26-21(27-12)17-10-24-19(11-25-2)20(17)16-9-14(5-8-18(16)23)13-3-6-15(22)7-4-13/h3-9,12,17,21,24H,10-11,22-23H2,1-2H3. The molecular weight excluding hydrogens is 342 g/mol. The molecule has 27 heavy (non-hydrogen) atoms. The van der Waals surface area contributed by atoms with Gasteiger partial charge < -0.3 is 31.0 Å². The van der Waals surface area contributed by atoms with Crippen LogP contribution in [0.25, 0.3) is 16.7 Å². The van der Waals surface area contributed by atoms with Crippen molar-refractivity contribution in [1.29, 1.82) is 0 Å². The lowest BCUT2D eigenvalue weighted by Crippen LogP contribution is -2.45. The van der Waals surface area contributed by atoms with Crippen LogP contribution in [-0.2, 0) is 14.2 Å². The Morgan fingerprint density at radius 3 is 2.44 bits per heavy atom. The average Bonchev–Trinajstić information content (AvgIpc) is 3.03. The van der Waals surface area contributed by atoms with E-state index in [9.17, 15) is 0 Å². The minimum atomic E-state index is -0.267. The fraction of sp³-hybridized carbons (Fsp3) is 0.333. The summed E-state index contributed by atoms with van der Waals surface area (Å²) < 4.78 is 16.9. The predicted molar refractivity (Wildman–Crippen MR) is 106 cm³/mol. The molecule has 0 aromatic heterocycles. The third-order valence-electron chi connectivity index (χ3n) is 5.09. The second-order valence-electron chi connectivity index (χ2n) is 6.94. The maximum Gasteiger partial charge on any atom is 0.172 e. The molecule has 0 spiro atoms. The van der Waals surface area contributed by atoms with Crippen molar-refractivity contribution in [3.63, 3.8) is 0 Å². The van der Waals surface area contributed by atoms with Gasteiger partial charge in [0.2, 0.25) is 0 Å². The Kier molecular flexibility index (Phi) is 4.78. The maximum absolute atomic E-state index is 6.37. The van der Waals surface area contributed by atoms with Crippen molar-refractivity contribution in [3.8, 4) is 11.1 Å². The van der Waals surface area contributed by atoms with Crippen LogP contribution < -0.4 is 16.8 Å². The van der Waals surface area contributed by atoms with E-state index in [1.807, 2.05) is 43.3 Å². The summed E-state index contributed by atoms with van der Waals surface area (Å²) in [6.45, 7) is 3.12. The van der Waals surface area contributed by atoms with E-state index in [-0.39, 0.29) is 18.5 Å². The van der Waals surface area contributed by atoms with Gasteiger partial charge >= 0.3 is 0 Å². The van der Waals surface area contributed by atoms with Gasteiger partial charge in [0, 0.05) is 36.3 Å². The number of rotatable bonds is 5. The molecule has 2 aliphatic rings. The molecule has 0 saturated carbocycles. The summed E-state index contributed by atoms with van der Waals surface area (Å²) in [6.07, 6.45) is -0.433. The predicted octanol–water partition coefficient (Wildman–Crippen LogP) is 2.81. The fourth-order valence-corrected chi connectivity index (χ4v) is 3.74. The van der Waals surface area contributed by atoms with Gasteiger partial charge in [-0.05, 0) is 47.9 Å². The molecule has 5 N–H and O–H groups in total. The van der Waals surface area contributed by atoms with Crippen LogP contribution in [0.15, 0.2) is 48.2 Å². The molecule has 4 rings (SSSR count). The van der Waals surface area contributed by atoms with Crippen molar-refractivity contribution in [1.82, 2.24) is 5.32 Å². The largest absolute Gasteiger partial charge is 0.399 e. The number of hydrogen-bond acceptors (Lipinski definition) is 6. The lowest BCUT2D eigenvalue weighted by atomic mass is 9.89. The van der Waals surface area contributed by atoms with Gasteiger partial charge in [-0.1, -0.05) is 18.2 Å². The van der Waals surface area contributed by atoms with E-state index < -0.39 is 0 Å². The van der Waals surface area contributed by atoms with Gasteiger partial charge in [0.15, 0.2) is 12.6 Å². The molecule has 6 nitrogen and oxygen atoms in total. The number of nitrogen functional groups attached to an aromatic ring is 2. The molecule has 1 saturated heterocycles. The molecule has 1 fully saturated rings. The molecule has 2 aromatic carbocycles. The van der Waals surface area contributed by atoms with E-state index in [2.05, 4.69) is 11.4 Å². The van der Waals surface area contributed by atoms with Crippen molar-refractivity contribution in [2.24, 2.45) is 5.92 Å². The van der Waals surface area contributed by atoms with Gasteiger partial charge in [0.25, 0.3) is 0 Å². The van der Waals surface area contributed by atoms with Crippen molar-refractivity contribution < 1.29 is 14.2 Å². The second-order valence-corrected chi connectivity index (χ2v) is 6.94. The summed E-state index contributed by atoms with van der Waals surface area (Å²) in [4.78, 5) is 0. The lowest BCUT2D eigenvalue weighted by Gasteiger charge is -2.38. The van der Waals surface area contributed by atoms with E-state index in [1.54, 1.807) is 7.11 Å². The first-order valence-corrected chi connectivity index (χ1v) is 9.09. The van der Waals surface area contributed by atoms with Crippen LogP contribution in [0.5, 0.6) is 0 Å². The van der Waals surface area contributed by atoms with E-state index in [0.29, 0.717) is 6.61 Å². The number of ether oxygens (including phenoxy) is 3. The molecule has 2 aromatic rings. The van der Waals surface area contributed by atoms with Crippen molar-refractivity contribution >= 4 is 16.9 Å². The minimum absolute atomic E-state index is 0.0651. The molecule has 0 radical (unpaired) electrons. The first-order valence-electron chi connectivity index (χ1n) is 9.09. The molecule has 0 aliphatic carbocycles. The smallest absolute Gasteiger partial charge is 0.172 e. The van der Waals surface area contributed by atoms with Crippen LogP contribution in [0.2, 0.25) is 0 Å². The maximum atomic E-state index is 6.37. The quantitative estimate of drug-likeness (QED) is 0.704. The molecule has 0 bridgehead atoms. The first kappa shape index (κ1) is 17.9. The van der Waals surface area contributed by atoms with E-state index in [4.69, 9.17) is 25.7 Å². The normalized spacial score (nSPS) is 24.6. The Balaban J connectivity index is 1.75. The molecule has 142 valence electrons. The molecule has 2 aliphatic heterocycles. The highest BCUT2D eigenvalue weighted by atomic mass is 16.9. The molecular formula is C21H25N3O3. The Labute approximate surface area is 159 Å². The minimum Gasteiger partial charge on any atom is -0.399 e. The third kappa shape index (κ3) is 3.39. The number of hydrogen-bond donors (Lipinski definition) is 3. The summed E-state index contributed by atoms with van der Waals surface area (Å²) in [5, 5.41) is 3.44. The summed E-state index contributed by atoms with van der Waals surface area (Å²) in [5.41, 5.74) is 18.9. The van der Waals surface area contributed by atoms with Crippen LogP contribution in [0.1, 0.15) is 12.5 Å². The van der Waals surface area contributed by atoms with Gasteiger partial charge in [-0.2, -0.15) is 0 Å². The summed E-state index contributed by atoms with van der Waals surface area (Å²) in [5.74, 6) is 0.0651. The van der Waals surface area contributed by atoms with Crippen LogP contribution in [-0.4, -0.2) is 32.8 Å². The number of anilines is 2. The number of nitrogens with two attached hydrogens (primary N) is 2. The SMILES string of the molecule is COCC1=C(c2cc(-c3ccc(N)cc3)ccc2N)C(C2OC(C)O2)CN1. The second kappa shape index (κ2) is 7.23. The zero-order valence-corrected chi connectivity index (χ0v) is 15.6. The highest BCUT2D eigenvalue weighted by Gasteiger charge is 2.41. The van der Waals surface area contributed by atoms with Crippen LogP contribution >= 0.6 is 0 Å². The monoisotopic (exact) mass is 367 g/mol. The zero-order valence-electron chi connectivity index (χ0n) is 15.6. The molecule has 6 heteroatoms. The van der Waals surface area contributed by atoms with E-state index in [0.717, 1.165) is 45.9 Å².